The predicted molar refractivity (Wildman–Crippen MR) is 208 cm³/mol. The Bertz CT molecular complexity index is 1860. The zero-order valence-corrected chi connectivity index (χ0v) is 34.0. The molecular weight excluding hydrogens is 677 g/mol. The number of rotatable bonds is 7. The molecule has 0 unspecified atom stereocenters. The number of aliphatic carboxylic acids is 1. The standard InChI is InChI=1S/C23H29NO4.C23H31NO2/c1-21(2)17-9-10-22(3)14(7-6-8-19(26)27)11-15(25)12-18(22)23(17,4)13-16(24-5)20(21)28;1-7-8-9-15-12-16(25)13-19-22(15,4)11-10-18-21(2,3)20(26)17(24-6)14-23(18,19)5/h12-14,17H,6-11H2,1-4H3,(H,26,27);13-15,18H,7-12H2,1-5H3/t14-,17+,22+,23+;15-,18+,22+,23+/m11/s1. The Morgan fingerprint density at radius 3 is 1.44 bits per heavy atom. The van der Waals surface area contributed by atoms with Crippen LogP contribution < -0.4 is 0 Å². The maximum atomic E-state index is 12.8. The maximum absolute atomic E-state index is 12.8. The van der Waals surface area contributed by atoms with E-state index in [0.29, 0.717) is 31.6 Å². The summed E-state index contributed by atoms with van der Waals surface area (Å²) in [6.45, 7) is 33.7. The van der Waals surface area contributed by atoms with Gasteiger partial charge in [0.05, 0.1) is 13.1 Å². The number of ketones is 4. The van der Waals surface area contributed by atoms with E-state index in [2.05, 4.69) is 44.3 Å². The average Bonchev–Trinajstić information content (AvgIpc) is 3.09. The van der Waals surface area contributed by atoms with E-state index in [-0.39, 0.29) is 74.9 Å². The Hall–Kier alpha value is -3.91. The molecule has 6 aliphatic carbocycles. The lowest BCUT2D eigenvalue weighted by Gasteiger charge is -2.60. The van der Waals surface area contributed by atoms with Crippen LogP contribution in [0.2, 0.25) is 0 Å². The van der Waals surface area contributed by atoms with Gasteiger partial charge in [0.1, 0.15) is 0 Å². The number of carboxylic acid groups (broad SMARTS) is 1. The molecule has 8 heteroatoms. The molecule has 2 fully saturated rings. The van der Waals surface area contributed by atoms with Gasteiger partial charge in [-0.3, -0.25) is 14.4 Å². The fraction of sp³-hybridized carbons (Fsp3) is 0.674. The number of hydrogen-bond donors (Lipinski definition) is 1. The van der Waals surface area contributed by atoms with Crippen molar-refractivity contribution < 1.29 is 29.1 Å². The molecule has 1 N–H and O–H groups in total. The number of Topliss-reactive ketones (excluding diaryl/α,β-unsaturated/α-hetero) is 2. The van der Waals surface area contributed by atoms with E-state index in [9.17, 15) is 24.0 Å². The zero-order chi connectivity index (χ0) is 40.2. The highest BCUT2D eigenvalue weighted by Crippen LogP contribution is 2.67. The highest BCUT2D eigenvalue weighted by molar-refractivity contribution is 6.03. The summed E-state index contributed by atoms with van der Waals surface area (Å²) in [4.78, 5) is 68.9. The van der Waals surface area contributed by atoms with Gasteiger partial charge in [0, 0.05) is 40.9 Å². The van der Waals surface area contributed by atoms with Gasteiger partial charge in [0.25, 0.3) is 0 Å². The minimum absolute atomic E-state index is 0.00552. The lowest BCUT2D eigenvalue weighted by Crippen LogP contribution is -2.55. The van der Waals surface area contributed by atoms with Crippen LogP contribution in [0.15, 0.2) is 46.8 Å². The van der Waals surface area contributed by atoms with Crippen molar-refractivity contribution in [3.8, 4) is 0 Å². The zero-order valence-electron chi connectivity index (χ0n) is 34.0. The third kappa shape index (κ3) is 6.50. The van der Waals surface area contributed by atoms with E-state index >= 15 is 0 Å². The van der Waals surface area contributed by atoms with Crippen LogP contribution in [0.1, 0.15) is 139 Å². The van der Waals surface area contributed by atoms with Crippen molar-refractivity contribution >= 4 is 29.1 Å². The average molecular weight is 737 g/mol. The normalized spacial score (nSPS) is 37.5. The van der Waals surface area contributed by atoms with Gasteiger partial charge in [-0.2, -0.15) is 0 Å². The summed E-state index contributed by atoms with van der Waals surface area (Å²) in [5.74, 6) is -0.00186. The van der Waals surface area contributed by atoms with Crippen LogP contribution in [0.25, 0.3) is 9.69 Å². The number of hydrogen-bond acceptors (Lipinski definition) is 5. The Labute approximate surface area is 322 Å². The molecule has 8 atom stereocenters. The lowest BCUT2D eigenvalue weighted by molar-refractivity contribution is -0.137. The summed E-state index contributed by atoms with van der Waals surface area (Å²) in [7, 11) is 0. The second kappa shape index (κ2) is 14.3. The lowest BCUT2D eigenvalue weighted by atomic mass is 9.43. The molecule has 0 spiro atoms. The predicted octanol–water partition coefficient (Wildman–Crippen LogP) is 10.1. The number of unbranched alkanes of at least 4 members (excludes halogenated alkanes) is 1. The van der Waals surface area contributed by atoms with Crippen molar-refractivity contribution in [1.82, 2.24) is 0 Å². The number of nitrogens with zero attached hydrogens (tertiary/aromatic N) is 2. The number of carbonyl (C=O) groups excluding carboxylic acids is 4. The quantitative estimate of drug-likeness (QED) is 0.260. The SMILES string of the molecule is [C-]#[N+]C1=C[C@]2(C)C3=CC(=O)C[C@@H](CCCC(=O)O)[C@]3(C)CC[C@H]2C(C)(C)C1=O.[C-]#[N+]C1=C[C@]2(C)C3=CC(=O)C[C@@H](CCCC)[C@]3(C)CC[C@H]2C(C)(C)C1=O. The van der Waals surface area contributed by atoms with Crippen LogP contribution in [-0.2, 0) is 24.0 Å². The molecule has 2 saturated carbocycles. The highest BCUT2D eigenvalue weighted by atomic mass is 16.4. The Morgan fingerprint density at radius 1 is 0.704 bits per heavy atom. The largest absolute Gasteiger partial charge is 0.481 e. The van der Waals surface area contributed by atoms with Crippen molar-refractivity contribution in [3.05, 3.63) is 69.7 Å². The summed E-state index contributed by atoms with van der Waals surface area (Å²) in [6, 6.07) is 0. The molecule has 0 saturated heterocycles. The molecule has 0 aromatic heterocycles. The fourth-order valence-electron chi connectivity index (χ4n) is 12.4. The minimum Gasteiger partial charge on any atom is -0.481 e. The summed E-state index contributed by atoms with van der Waals surface area (Å²) < 4.78 is 0. The number of carbonyl (C=O) groups is 5. The molecule has 6 aliphatic rings. The van der Waals surface area contributed by atoms with Gasteiger partial charge in [-0.15, -0.1) is 0 Å². The van der Waals surface area contributed by atoms with E-state index in [1.54, 1.807) is 6.08 Å². The number of allylic oxidation sites excluding steroid dienone is 8. The van der Waals surface area contributed by atoms with Crippen molar-refractivity contribution in [2.24, 2.45) is 56.2 Å². The first-order valence-corrected chi connectivity index (χ1v) is 20.1. The van der Waals surface area contributed by atoms with Crippen LogP contribution >= 0.6 is 0 Å². The molecule has 8 nitrogen and oxygen atoms in total. The molecule has 54 heavy (non-hydrogen) atoms. The first kappa shape index (κ1) is 41.3. The first-order valence-electron chi connectivity index (χ1n) is 20.1. The summed E-state index contributed by atoms with van der Waals surface area (Å²) in [6.07, 6.45) is 16.9. The van der Waals surface area contributed by atoms with Crippen LogP contribution in [0, 0.1) is 69.3 Å². The van der Waals surface area contributed by atoms with E-state index in [4.69, 9.17) is 18.3 Å². The molecule has 0 aromatic rings. The van der Waals surface area contributed by atoms with Crippen LogP contribution in [0.5, 0.6) is 0 Å². The van der Waals surface area contributed by atoms with Gasteiger partial charge in [-0.05, 0) is 91.6 Å². The van der Waals surface area contributed by atoms with Crippen molar-refractivity contribution in [2.75, 3.05) is 0 Å². The maximum Gasteiger partial charge on any atom is 0.303 e. The summed E-state index contributed by atoms with van der Waals surface area (Å²) in [5.41, 5.74) is 0.324. The van der Waals surface area contributed by atoms with Crippen LogP contribution in [0.4, 0.5) is 0 Å². The molecule has 0 amide bonds. The smallest absolute Gasteiger partial charge is 0.303 e. The Balaban J connectivity index is 0.000000208. The summed E-state index contributed by atoms with van der Waals surface area (Å²) >= 11 is 0. The van der Waals surface area contributed by atoms with Gasteiger partial charge in [-0.1, -0.05) is 98.5 Å². The topological polar surface area (TPSA) is 114 Å². The van der Waals surface area contributed by atoms with Gasteiger partial charge < -0.3 is 14.7 Å². The van der Waals surface area contributed by atoms with E-state index < -0.39 is 22.2 Å². The third-order valence-corrected chi connectivity index (χ3v) is 15.4. The Kier molecular flexibility index (Phi) is 10.9. The Morgan fingerprint density at radius 2 is 1.09 bits per heavy atom. The molecule has 0 heterocycles. The second-order valence-electron chi connectivity index (χ2n) is 19.2. The fourth-order valence-corrected chi connectivity index (χ4v) is 12.4. The van der Waals surface area contributed by atoms with Crippen molar-refractivity contribution in [2.45, 2.75) is 139 Å². The van der Waals surface area contributed by atoms with E-state index in [1.165, 1.54) is 5.57 Å². The van der Waals surface area contributed by atoms with Crippen LogP contribution in [-0.4, -0.2) is 34.2 Å². The molecule has 0 aliphatic heterocycles. The molecule has 6 rings (SSSR count). The number of carboxylic acids is 1. The molecule has 0 radical (unpaired) electrons. The first-order chi connectivity index (χ1) is 25.1. The van der Waals surface area contributed by atoms with E-state index in [0.717, 1.165) is 50.5 Å². The van der Waals surface area contributed by atoms with E-state index in [1.807, 2.05) is 45.9 Å². The van der Waals surface area contributed by atoms with Gasteiger partial charge >= 0.3 is 5.97 Å². The van der Waals surface area contributed by atoms with Crippen molar-refractivity contribution in [3.63, 3.8) is 0 Å². The molecule has 0 bridgehead atoms. The monoisotopic (exact) mass is 736 g/mol. The second-order valence-corrected chi connectivity index (χ2v) is 19.2. The van der Waals surface area contributed by atoms with Gasteiger partial charge in [0.15, 0.2) is 23.1 Å². The van der Waals surface area contributed by atoms with Gasteiger partial charge in [-0.25, -0.2) is 9.69 Å². The molecule has 290 valence electrons. The minimum atomic E-state index is -0.809. The van der Waals surface area contributed by atoms with Crippen molar-refractivity contribution in [1.29, 1.82) is 0 Å². The highest BCUT2D eigenvalue weighted by Gasteiger charge is 2.62. The summed E-state index contributed by atoms with van der Waals surface area (Å²) in [5, 5.41) is 8.98. The van der Waals surface area contributed by atoms with Crippen LogP contribution in [0.3, 0.4) is 0 Å². The third-order valence-electron chi connectivity index (χ3n) is 15.4. The number of fused-ring (bicyclic) bond motifs is 6. The van der Waals surface area contributed by atoms with Gasteiger partial charge in [0.2, 0.25) is 11.4 Å². The molecule has 0 aromatic carbocycles. The molecular formula is C46H60N2O6.